The van der Waals surface area contributed by atoms with Crippen molar-refractivity contribution in [2.45, 2.75) is 174 Å². The van der Waals surface area contributed by atoms with Gasteiger partial charge in [0.1, 0.15) is 78.1 Å². The third-order valence-corrected chi connectivity index (χ3v) is 15.7. The number of rotatable bonds is 20. The molecule has 434 valence electrons. The highest BCUT2D eigenvalue weighted by molar-refractivity contribution is 5.93. The molecule has 19 atom stereocenters. The first-order valence-electron chi connectivity index (χ1n) is 26.5. The van der Waals surface area contributed by atoms with E-state index in [2.05, 4.69) is 20.5 Å². The summed E-state index contributed by atoms with van der Waals surface area (Å²) in [4.78, 5) is 43.0. The number of nitrogens with two attached hydrogens (primary N) is 6. The Bertz CT molecular complexity index is 2610. The first kappa shape index (κ1) is 58.1. The predicted molar refractivity (Wildman–Crippen MR) is 269 cm³/mol. The van der Waals surface area contributed by atoms with E-state index in [1.54, 1.807) is 21.5 Å². The summed E-state index contributed by atoms with van der Waals surface area (Å²) in [5.41, 5.74) is 36.9. The van der Waals surface area contributed by atoms with Gasteiger partial charge in [0.15, 0.2) is 25.0 Å². The molecule has 2 aromatic heterocycles. The molecular formula is C48H74FN13O16. The second kappa shape index (κ2) is 24.7. The van der Waals surface area contributed by atoms with Crippen LogP contribution in [0.2, 0.25) is 0 Å². The number of unbranched alkanes of at least 4 members (excludes halogenated alkanes) is 2. The molecule has 1 amide bonds. The van der Waals surface area contributed by atoms with Gasteiger partial charge in [-0.1, -0.05) is 11.6 Å². The Morgan fingerprint density at radius 2 is 1.35 bits per heavy atom. The number of pyridine rings is 1. The van der Waals surface area contributed by atoms with E-state index >= 15 is 4.39 Å². The normalized spacial score (nSPS) is 36.8. The lowest BCUT2D eigenvalue weighted by Gasteiger charge is -2.47. The summed E-state index contributed by atoms with van der Waals surface area (Å²) >= 11 is 0. The number of nitrogens with one attached hydrogen (secondary N) is 1. The highest BCUT2D eigenvalue weighted by atomic mass is 19.1. The van der Waals surface area contributed by atoms with Gasteiger partial charge in [0.2, 0.25) is 5.43 Å². The van der Waals surface area contributed by atoms with Gasteiger partial charge in [0, 0.05) is 75.5 Å². The Balaban J connectivity index is 0.785. The maximum absolute atomic E-state index is 15.5. The second-order valence-corrected chi connectivity index (χ2v) is 21.2. The number of carboxylic acid groups (broad SMARTS) is 1. The zero-order chi connectivity index (χ0) is 55.9. The van der Waals surface area contributed by atoms with Crippen LogP contribution in [0.5, 0.6) is 0 Å². The predicted octanol–water partition coefficient (Wildman–Crippen LogP) is -6.50. The molecule has 29 nitrogen and oxygen atoms in total. The fourth-order valence-electron chi connectivity index (χ4n) is 10.9. The van der Waals surface area contributed by atoms with Gasteiger partial charge in [-0.25, -0.2) is 9.18 Å². The van der Waals surface area contributed by atoms with Gasteiger partial charge in [0.05, 0.1) is 42.1 Å². The number of anilines is 1. The van der Waals surface area contributed by atoms with Crippen LogP contribution in [0, 0.1) is 5.82 Å². The number of aliphatic hydroxyl groups is 6. The number of fused-ring (bicyclic) bond motifs is 1. The summed E-state index contributed by atoms with van der Waals surface area (Å²) in [5.74, 6) is -2.73. The summed E-state index contributed by atoms with van der Waals surface area (Å²) in [7, 11) is 0. The van der Waals surface area contributed by atoms with E-state index < -0.39 is 139 Å². The molecule has 0 bridgehead atoms. The molecule has 2 aliphatic carbocycles. The minimum absolute atomic E-state index is 0.0106. The van der Waals surface area contributed by atoms with Gasteiger partial charge in [-0.2, -0.15) is 0 Å². The number of benzene rings is 1. The first-order chi connectivity index (χ1) is 37.3. The molecule has 2 saturated carbocycles. The zero-order valence-electron chi connectivity index (χ0n) is 42.8. The van der Waals surface area contributed by atoms with Crippen molar-refractivity contribution in [1.29, 1.82) is 0 Å². The van der Waals surface area contributed by atoms with Crippen LogP contribution < -0.4 is 50.0 Å². The number of aromatic carboxylic acids is 1. The number of amides is 1. The molecule has 30 heteroatoms. The SMILES string of the molecule is NC[C@@H]1O[C@H](O[C@H]2[C@@H](O)[C@H](O[C@@H]3[C@@H](O)[C@H](N)C[C@H](N)[C@H]3O[C@H]3O[C@H](CN)[C@@H](O)[C@H](O)[C@H]3N)O[C@@H]2C(=O)NCc2cn(CCCCCN3CCN(c4cc5c(cc4F)c(=O)c(C(=O)O)cn5C4CC4)CC3)nn2)[C@H](N)[C@@H](O)[C@@H]1O. The van der Waals surface area contributed by atoms with Gasteiger partial charge < -0.3 is 113 Å². The molecule has 9 rings (SSSR count). The molecule has 6 fully saturated rings. The third-order valence-electron chi connectivity index (χ3n) is 15.7. The van der Waals surface area contributed by atoms with Gasteiger partial charge in [-0.15, -0.1) is 5.10 Å². The quantitative estimate of drug-likeness (QED) is 0.0468. The Morgan fingerprint density at radius 3 is 1.96 bits per heavy atom. The summed E-state index contributed by atoms with van der Waals surface area (Å²) in [6, 6.07) is -1.73. The average molecular weight is 1110 g/mol. The molecule has 6 aliphatic rings. The van der Waals surface area contributed by atoms with Crippen LogP contribution in [0.1, 0.15) is 60.6 Å². The lowest BCUT2D eigenvalue weighted by molar-refractivity contribution is -0.306. The van der Waals surface area contributed by atoms with Gasteiger partial charge in [-0.3, -0.25) is 19.2 Å². The van der Waals surface area contributed by atoms with Crippen molar-refractivity contribution in [1.82, 2.24) is 29.8 Å². The van der Waals surface area contributed by atoms with Crippen LogP contribution in [0.15, 0.2) is 29.3 Å². The topological polar surface area (TPSA) is 458 Å². The van der Waals surface area contributed by atoms with Gasteiger partial charge in [-0.05, 0) is 50.8 Å². The molecule has 3 aromatic rings. The second-order valence-electron chi connectivity index (χ2n) is 21.2. The maximum Gasteiger partial charge on any atom is 0.341 e. The molecule has 0 radical (unpaired) electrons. The number of halogens is 1. The average Bonchev–Trinajstić information content (AvgIpc) is 4.20. The lowest BCUT2D eigenvalue weighted by Crippen LogP contribution is -2.68. The Kier molecular flexibility index (Phi) is 18.4. The van der Waals surface area contributed by atoms with Crippen molar-refractivity contribution >= 4 is 28.5 Å². The summed E-state index contributed by atoms with van der Waals surface area (Å²) < 4.78 is 54.9. The zero-order valence-corrected chi connectivity index (χ0v) is 42.8. The van der Waals surface area contributed by atoms with E-state index in [1.165, 1.54) is 6.20 Å². The third kappa shape index (κ3) is 12.2. The van der Waals surface area contributed by atoms with Crippen LogP contribution in [0.3, 0.4) is 0 Å². The Hall–Kier alpha value is -4.52. The molecule has 78 heavy (non-hydrogen) atoms. The van der Waals surface area contributed by atoms with E-state index in [1.807, 2.05) is 4.90 Å². The molecule has 6 heterocycles. The summed E-state index contributed by atoms with van der Waals surface area (Å²) in [6.07, 6.45) is -15.2. The Labute approximate surface area is 446 Å². The van der Waals surface area contributed by atoms with Crippen molar-refractivity contribution in [2.75, 3.05) is 50.7 Å². The number of aliphatic hydroxyl groups excluding tert-OH is 6. The number of hydrogen-bond donors (Lipinski definition) is 14. The lowest BCUT2D eigenvalue weighted by atomic mass is 9.84. The Morgan fingerprint density at radius 1 is 0.731 bits per heavy atom. The number of ether oxygens (including phenoxy) is 6. The van der Waals surface area contributed by atoms with Gasteiger partial charge >= 0.3 is 5.97 Å². The molecule has 4 saturated heterocycles. The van der Waals surface area contributed by atoms with E-state index in [9.17, 15) is 50.1 Å². The van der Waals surface area contributed by atoms with E-state index in [4.69, 9.17) is 62.8 Å². The van der Waals surface area contributed by atoms with Crippen molar-refractivity contribution in [3.63, 3.8) is 0 Å². The first-order valence-corrected chi connectivity index (χ1v) is 26.5. The standard InChI is InChI=1S/C48H74FN13O16/c49-24-12-22-27(62(21-4-5-21)19-23(33(22)63)45(71)72)14-28(24)60-10-8-59(9-11-60)6-2-1-3-7-61-18-20(57-58-61)17-56-44(70)43-42(76-47-32(55)38(68)36(66)30(16-51)74-47)39(69)48(78-43)77-41-34(64)25(52)13-26(53)40(41)75-46-31(54)37(67)35(65)29(15-50)73-46/h12,14,18-19,21,25-26,29-32,34-43,46-48,64-69H,1-11,13,15-17,50-55H2,(H,56,70)(H,71,72)/t25-,26+,29-,30+,31-,32-,34+,35-,36-,37-,38-,39-,40-,41-,42+,43+,46-,47-,48-/m1/s1. The summed E-state index contributed by atoms with van der Waals surface area (Å²) in [5, 5.41) is 86.3. The van der Waals surface area contributed by atoms with Crippen LogP contribution >= 0.6 is 0 Å². The highest BCUT2D eigenvalue weighted by Crippen LogP contribution is 2.39. The fraction of sp³-hybridized carbons (Fsp3) is 0.729. The smallest absolute Gasteiger partial charge is 0.341 e. The van der Waals surface area contributed by atoms with Crippen molar-refractivity contribution < 1.29 is 78.1 Å². The number of piperazine rings is 1. The molecule has 4 aliphatic heterocycles. The van der Waals surface area contributed by atoms with Crippen LogP contribution in [-0.2, 0) is 46.3 Å². The molecule has 0 spiro atoms. The number of hydrogen-bond acceptors (Lipinski definition) is 25. The van der Waals surface area contributed by atoms with E-state index in [0.29, 0.717) is 49.6 Å². The largest absolute Gasteiger partial charge is 0.477 e. The molecule has 20 N–H and O–H groups in total. The number of nitrogens with zero attached hydrogens (tertiary/aromatic N) is 6. The molecular weight excluding hydrogens is 1030 g/mol. The van der Waals surface area contributed by atoms with Crippen LogP contribution in [0.25, 0.3) is 10.9 Å². The molecule has 1 aromatic carbocycles. The minimum atomic E-state index is -1.84. The maximum atomic E-state index is 15.5. The number of carbonyl (C=O) groups excluding carboxylic acids is 1. The minimum Gasteiger partial charge on any atom is -0.477 e. The van der Waals surface area contributed by atoms with Crippen molar-refractivity contribution in [3.05, 3.63) is 51.8 Å². The van der Waals surface area contributed by atoms with E-state index in [-0.39, 0.29) is 43.0 Å². The molecule has 0 unspecified atom stereocenters. The highest BCUT2D eigenvalue weighted by Gasteiger charge is 2.56. The summed E-state index contributed by atoms with van der Waals surface area (Å²) in [6.45, 7) is 3.25. The van der Waals surface area contributed by atoms with Crippen LogP contribution in [-0.4, -0.2) is 234 Å². The van der Waals surface area contributed by atoms with Crippen molar-refractivity contribution in [3.8, 4) is 0 Å². The monoisotopic (exact) mass is 1110 g/mol. The number of carboxylic acids is 1. The van der Waals surface area contributed by atoms with Gasteiger partial charge in [0.25, 0.3) is 5.91 Å². The fourth-order valence-corrected chi connectivity index (χ4v) is 10.9. The van der Waals surface area contributed by atoms with Crippen molar-refractivity contribution in [2.24, 2.45) is 34.4 Å². The number of aromatic nitrogens is 4. The number of aryl methyl sites for hydroxylation is 1. The van der Waals surface area contributed by atoms with Crippen LogP contribution in [0.4, 0.5) is 10.1 Å². The number of carbonyl (C=O) groups is 2. The van der Waals surface area contributed by atoms with E-state index in [0.717, 1.165) is 44.7 Å².